The molecule has 2 amide bonds. The maximum atomic E-state index is 14.1. The molecule has 0 fully saturated rings. The highest BCUT2D eigenvalue weighted by atomic mass is 35.5. The van der Waals surface area contributed by atoms with Crippen LogP contribution in [0.15, 0.2) is 77.7 Å². The predicted molar refractivity (Wildman–Crippen MR) is 156 cm³/mol. The first kappa shape index (κ1) is 30.2. The molecule has 39 heavy (non-hydrogen) atoms. The molecule has 3 aromatic carbocycles. The molecule has 0 radical (unpaired) electrons. The number of halogens is 1. The first-order valence-electron chi connectivity index (χ1n) is 12.9. The van der Waals surface area contributed by atoms with E-state index in [0.29, 0.717) is 17.1 Å². The Hall–Kier alpha value is -3.36. The van der Waals surface area contributed by atoms with E-state index >= 15 is 0 Å². The zero-order valence-corrected chi connectivity index (χ0v) is 24.6. The van der Waals surface area contributed by atoms with E-state index in [1.807, 2.05) is 58.9 Å². The summed E-state index contributed by atoms with van der Waals surface area (Å²) in [6.07, 6.45) is 0.366. The Balaban J connectivity index is 2.07. The van der Waals surface area contributed by atoms with Crippen molar-refractivity contribution in [2.45, 2.75) is 64.6 Å². The van der Waals surface area contributed by atoms with Crippen LogP contribution in [0.4, 0.5) is 5.69 Å². The van der Waals surface area contributed by atoms with Gasteiger partial charge in [0.2, 0.25) is 11.8 Å². The third-order valence-corrected chi connectivity index (χ3v) is 8.46. The molecule has 0 aliphatic heterocycles. The lowest BCUT2D eigenvalue weighted by Gasteiger charge is -2.34. The fourth-order valence-electron chi connectivity index (χ4n) is 4.24. The van der Waals surface area contributed by atoms with Crippen LogP contribution >= 0.6 is 11.6 Å². The number of anilines is 1. The van der Waals surface area contributed by atoms with E-state index < -0.39 is 28.5 Å². The fraction of sp³-hybridized carbons (Fsp3) is 0.333. The molecule has 7 nitrogen and oxygen atoms in total. The van der Waals surface area contributed by atoms with E-state index in [2.05, 4.69) is 5.32 Å². The van der Waals surface area contributed by atoms with Crippen LogP contribution in [0.25, 0.3) is 0 Å². The molecule has 0 saturated heterocycles. The van der Waals surface area contributed by atoms with Crippen LogP contribution in [-0.2, 0) is 26.2 Å². The summed E-state index contributed by atoms with van der Waals surface area (Å²) >= 11 is 6.00. The Morgan fingerprint density at radius 3 is 2.10 bits per heavy atom. The molecule has 0 unspecified atom stereocenters. The Labute approximate surface area is 236 Å². The monoisotopic (exact) mass is 569 g/mol. The van der Waals surface area contributed by atoms with Gasteiger partial charge in [0.1, 0.15) is 12.6 Å². The summed E-state index contributed by atoms with van der Waals surface area (Å²) in [6, 6.07) is 19.5. The minimum absolute atomic E-state index is 0.00956. The van der Waals surface area contributed by atoms with Crippen molar-refractivity contribution in [2.75, 3.05) is 10.8 Å². The van der Waals surface area contributed by atoms with Crippen LogP contribution in [-0.4, -0.2) is 43.8 Å². The van der Waals surface area contributed by atoms with Gasteiger partial charge < -0.3 is 10.2 Å². The smallest absolute Gasteiger partial charge is 0.264 e. The molecule has 3 rings (SSSR count). The predicted octanol–water partition coefficient (Wildman–Crippen LogP) is 5.48. The molecule has 0 saturated carbocycles. The van der Waals surface area contributed by atoms with Gasteiger partial charge in [-0.1, -0.05) is 60.5 Å². The molecular formula is C30H36ClN3O4S. The molecular weight excluding hydrogens is 534 g/mol. The molecule has 0 aromatic heterocycles. The first-order chi connectivity index (χ1) is 18.4. The molecule has 0 bridgehead atoms. The zero-order chi connectivity index (χ0) is 28.7. The Kier molecular flexibility index (Phi) is 10.2. The molecule has 0 spiro atoms. The average molecular weight is 570 g/mol. The van der Waals surface area contributed by atoms with Gasteiger partial charge in [-0.05, 0) is 81.6 Å². The van der Waals surface area contributed by atoms with E-state index in [-0.39, 0.29) is 23.4 Å². The maximum Gasteiger partial charge on any atom is 0.264 e. The molecule has 1 atom stereocenters. The second-order valence-corrected chi connectivity index (χ2v) is 12.1. The minimum atomic E-state index is -4.14. The van der Waals surface area contributed by atoms with Crippen molar-refractivity contribution in [3.63, 3.8) is 0 Å². The maximum absolute atomic E-state index is 14.1. The lowest BCUT2D eigenvalue weighted by atomic mass is 10.1. The molecule has 208 valence electrons. The lowest BCUT2D eigenvalue weighted by molar-refractivity contribution is -0.140. The number of sulfonamides is 1. The molecule has 0 heterocycles. The van der Waals surface area contributed by atoms with Crippen LogP contribution in [0, 0.1) is 13.8 Å². The number of hydrogen-bond acceptors (Lipinski definition) is 4. The third kappa shape index (κ3) is 7.61. The third-order valence-electron chi connectivity index (χ3n) is 6.42. The molecule has 9 heteroatoms. The minimum Gasteiger partial charge on any atom is -0.352 e. The lowest BCUT2D eigenvalue weighted by Crippen LogP contribution is -2.53. The highest BCUT2D eigenvalue weighted by Crippen LogP contribution is 2.26. The number of amides is 2. The van der Waals surface area contributed by atoms with Crippen LogP contribution in [0.2, 0.25) is 5.02 Å². The van der Waals surface area contributed by atoms with Gasteiger partial charge in [0, 0.05) is 17.6 Å². The van der Waals surface area contributed by atoms with Crippen LogP contribution < -0.4 is 9.62 Å². The van der Waals surface area contributed by atoms with Gasteiger partial charge in [0.25, 0.3) is 10.0 Å². The summed E-state index contributed by atoms with van der Waals surface area (Å²) in [5.74, 6) is -0.765. The Morgan fingerprint density at radius 1 is 0.923 bits per heavy atom. The van der Waals surface area contributed by atoms with Crippen LogP contribution in [0.5, 0.6) is 0 Å². The highest BCUT2D eigenvalue weighted by molar-refractivity contribution is 7.92. The van der Waals surface area contributed by atoms with E-state index in [9.17, 15) is 18.0 Å². The van der Waals surface area contributed by atoms with E-state index in [0.717, 1.165) is 21.0 Å². The standard InChI is InChI=1S/C30H36ClN3O4S/c1-6-28(30(36)32-21(2)3)33(19-24-10-8-7-9-23(24)5)29(35)20-34(26-15-11-22(4)12-16-26)39(37,38)27-17-13-25(31)14-18-27/h7-18,21,28H,6,19-20H2,1-5H3,(H,32,36)/t28-/m0/s1. The largest absolute Gasteiger partial charge is 0.352 e. The number of carbonyl (C=O) groups excluding carboxylic acids is 2. The summed E-state index contributed by atoms with van der Waals surface area (Å²) < 4.78 is 28.8. The molecule has 0 aliphatic rings. The van der Waals surface area contributed by atoms with Gasteiger partial charge in [-0.25, -0.2) is 8.42 Å². The van der Waals surface area contributed by atoms with Crippen molar-refractivity contribution >= 4 is 39.1 Å². The number of nitrogens with zero attached hydrogens (tertiary/aromatic N) is 2. The van der Waals surface area contributed by atoms with Gasteiger partial charge in [0.15, 0.2) is 0 Å². The number of aryl methyl sites for hydroxylation is 2. The van der Waals surface area contributed by atoms with Crippen molar-refractivity contribution in [1.82, 2.24) is 10.2 Å². The van der Waals surface area contributed by atoms with Crippen molar-refractivity contribution in [3.8, 4) is 0 Å². The highest BCUT2D eigenvalue weighted by Gasteiger charge is 2.34. The number of rotatable bonds is 11. The second-order valence-electron chi connectivity index (χ2n) is 9.84. The Morgan fingerprint density at radius 2 is 1.54 bits per heavy atom. The van der Waals surface area contributed by atoms with E-state index in [4.69, 9.17) is 11.6 Å². The SMILES string of the molecule is CC[C@@H](C(=O)NC(C)C)N(Cc1ccccc1C)C(=O)CN(c1ccc(C)cc1)S(=O)(=O)c1ccc(Cl)cc1. The number of benzene rings is 3. The quantitative estimate of drug-likeness (QED) is 0.331. The Bertz CT molecular complexity index is 1390. The number of hydrogen-bond donors (Lipinski definition) is 1. The van der Waals surface area contributed by atoms with Crippen LogP contribution in [0.1, 0.15) is 43.9 Å². The van der Waals surface area contributed by atoms with Crippen molar-refractivity contribution < 1.29 is 18.0 Å². The summed E-state index contributed by atoms with van der Waals surface area (Å²) in [6.45, 7) is 9.08. The zero-order valence-electron chi connectivity index (χ0n) is 23.0. The summed E-state index contributed by atoms with van der Waals surface area (Å²) in [5, 5.41) is 3.31. The van der Waals surface area contributed by atoms with E-state index in [1.165, 1.54) is 29.2 Å². The molecule has 0 aliphatic carbocycles. The summed E-state index contributed by atoms with van der Waals surface area (Å²) in [5.41, 5.74) is 3.15. The van der Waals surface area contributed by atoms with Crippen molar-refractivity contribution in [1.29, 1.82) is 0 Å². The topological polar surface area (TPSA) is 86.8 Å². The van der Waals surface area contributed by atoms with Gasteiger partial charge in [-0.3, -0.25) is 13.9 Å². The molecule has 3 aromatic rings. The average Bonchev–Trinajstić information content (AvgIpc) is 2.88. The van der Waals surface area contributed by atoms with Gasteiger partial charge >= 0.3 is 0 Å². The van der Waals surface area contributed by atoms with E-state index in [1.54, 1.807) is 24.3 Å². The van der Waals surface area contributed by atoms with Gasteiger partial charge in [0.05, 0.1) is 10.6 Å². The van der Waals surface area contributed by atoms with Crippen molar-refractivity contribution in [2.24, 2.45) is 0 Å². The van der Waals surface area contributed by atoms with Gasteiger partial charge in [-0.2, -0.15) is 0 Å². The second kappa shape index (κ2) is 13.1. The normalized spacial score (nSPS) is 12.2. The first-order valence-corrected chi connectivity index (χ1v) is 14.7. The summed E-state index contributed by atoms with van der Waals surface area (Å²) in [4.78, 5) is 28.7. The van der Waals surface area contributed by atoms with Gasteiger partial charge in [-0.15, -0.1) is 0 Å². The number of nitrogens with one attached hydrogen (secondary N) is 1. The van der Waals surface area contributed by atoms with Crippen LogP contribution in [0.3, 0.4) is 0 Å². The summed E-state index contributed by atoms with van der Waals surface area (Å²) in [7, 11) is -4.14. The molecule has 1 N–H and O–H groups in total. The fourth-order valence-corrected chi connectivity index (χ4v) is 5.78. The van der Waals surface area contributed by atoms with Crippen molar-refractivity contribution in [3.05, 3.63) is 94.5 Å². The number of carbonyl (C=O) groups is 2.